The lowest BCUT2D eigenvalue weighted by atomic mass is 9.93. The van der Waals surface area contributed by atoms with E-state index in [1.54, 1.807) is 18.9 Å². The Morgan fingerprint density at radius 1 is 1.00 bits per heavy atom. The minimum Gasteiger partial charge on any atom is -0.463 e. The Kier molecular flexibility index (Phi) is 7.65. The Balaban J connectivity index is 1.55. The van der Waals surface area contributed by atoms with E-state index >= 15 is 0 Å². The molecule has 7 nitrogen and oxygen atoms in total. The quantitative estimate of drug-likeness (QED) is 0.640. The summed E-state index contributed by atoms with van der Waals surface area (Å²) in [6.07, 6.45) is 0. The summed E-state index contributed by atoms with van der Waals surface area (Å²) in [5, 5.41) is 3.00. The third kappa shape index (κ3) is 5.48. The number of ether oxygens (including phenoxy) is 1. The van der Waals surface area contributed by atoms with Gasteiger partial charge in [0.2, 0.25) is 0 Å². The fourth-order valence-electron chi connectivity index (χ4n) is 4.66. The Morgan fingerprint density at radius 2 is 1.68 bits per heavy atom. The molecule has 2 amide bonds. The highest BCUT2D eigenvalue weighted by Gasteiger charge is 2.37. The van der Waals surface area contributed by atoms with Crippen LogP contribution in [0.2, 0.25) is 0 Å². The molecule has 0 bridgehead atoms. The van der Waals surface area contributed by atoms with Crippen molar-refractivity contribution in [3.05, 3.63) is 82.6 Å². The Hall–Kier alpha value is -3.16. The van der Waals surface area contributed by atoms with Crippen molar-refractivity contribution in [2.45, 2.75) is 26.4 Å². The minimum absolute atomic E-state index is 0.211. The van der Waals surface area contributed by atoms with Crippen LogP contribution in [0.5, 0.6) is 0 Å². The van der Waals surface area contributed by atoms with Gasteiger partial charge in [-0.3, -0.25) is 14.7 Å². The standard InChI is InChI=1S/C27H34N4O3/c1-4-34-26(32)24-23(29(3)27(33)28-25(24)22-12-8-9-20(2)17-22)19-31-15-13-30(14-16-31)18-21-10-6-5-7-11-21/h5-12,17,25H,4,13-16,18-19H2,1-3H3,(H,28,33)/t25-/m0/s1. The first-order valence-corrected chi connectivity index (χ1v) is 12.0. The number of hydrogen-bond acceptors (Lipinski definition) is 5. The number of carbonyl (C=O) groups is 2. The number of esters is 1. The van der Waals surface area contributed by atoms with Crippen LogP contribution < -0.4 is 5.32 Å². The van der Waals surface area contributed by atoms with Crippen molar-refractivity contribution in [2.75, 3.05) is 46.4 Å². The average Bonchev–Trinajstić information content (AvgIpc) is 2.84. The number of benzene rings is 2. The zero-order chi connectivity index (χ0) is 24.1. The second-order valence-corrected chi connectivity index (χ2v) is 8.97. The molecule has 1 fully saturated rings. The van der Waals surface area contributed by atoms with Gasteiger partial charge in [0.25, 0.3) is 0 Å². The summed E-state index contributed by atoms with van der Waals surface area (Å²) in [4.78, 5) is 32.4. The van der Waals surface area contributed by atoms with Gasteiger partial charge in [-0.2, -0.15) is 0 Å². The van der Waals surface area contributed by atoms with Gasteiger partial charge >= 0.3 is 12.0 Å². The Morgan fingerprint density at radius 3 is 2.32 bits per heavy atom. The lowest BCUT2D eigenvalue weighted by molar-refractivity contribution is -0.139. The van der Waals surface area contributed by atoms with Gasteiger partial charge in [-0.25, -0.2) is 9.59 Å². The van der Waals surface area contributed by atoms with Crippen LogP contribution in [-0.2, 0) is 16.1 Å². The van der Waals surface area contributed by atoms with Crippen molar-refractivity contribution in [3.63, 3.8) is 0 Å². The van der Waals surface area contributed by atoms with E-state index in [4.69, 9.17) is 4.74 Å². The van der Waals surface area contributed by atoms with Gasteiger partial charge in [-0.15, -0.1) is 0 Å². The molecule has 0 radical (unpaired) electrons. The number of amides is 2. The molecule has 2 aliphatic rings. The maximum Gasteiger partial charge on any atom is 0.338 e. The zero-order valence-corrected chi connectivity index (χ0v) is 20.3. The second kappa shape index (κ2) is 10.8. The zero-order valence-electron chi connectivity index (χ0n) is 20.3. The molecule has 0 aromatic heterocycles. The minimum atomic E-state index is -0.531. The largest absolute Gasteiger partial charge is 0.463 e. The monoisotopic (exact) mass is 462 g/mol. The second-order valence-electron chi connectivity index (χ2n) is 8.97. The van der Waals surface area contributed by atoms with E-state index in [1.807, 2.05) is 37.3 Å². The molecule has 1 N–H and O–H groups in total. The van der Waals surface area contributed by atoms with E-state index in [0.717, 1.165) is 43.9 Å². The predicted octanol–water partition coefficient (Wildman–Crippen LogP) is 3.33. The lowest BCUT2D eigenvalue weighted by Crippen LogP contribution is -2.52. The number of rotatable bonds is 7. The van der Waals surface area contributed by atoms with Crippen molar-refractivity contribution in [1.82, 2.24) is 20.0 Å². The first-order chi connectivity index (χ1) is 16.5. The summed E-state index contributed by atoms with van der Waals surface area (Å²) < 4.78 is 5.45. The molecule has 0 saturated carbocycles. The molecule has 2 heterocycles. The van der Waals surface area contributed by atoms with Crippen LogP contribution in [0.4, 0.5) is 4.79 Å². The normalized spacial score (nSPS) is 19.8. The van der Waals surface area contributed by atoms with Gasteiger partial charge in [0.15, 0.2) is 0 Å². The summed E-state index contributed by atoms with van der Waals surface area (Å²) in [5.74, 6) is -0.376. The third-order valence-corrected chi connectivity index (χ3v) is 6.54. The average molecular weight is 463 g/mol. The van der Waals surface area contributed by atoms with Gasteiger partial charge in [-0.1, -0.05) is 60.2 Å². The number of nitrogens with one attached hydrogen (secondary N) is 1. The van der Waals surface area contributed by atoms with Crippen LogP contribution in [0.3, 0.4) is 0 Å². The first kappa shape index (κ1) is 24.0. The molecule has 2 aliphatic heterocycles. The summed E-state index contributed by atoms with van der Waals surface area (Å²) in [5.41, 5.74) is 4.50. The van der Waals surface area contributed by atoms with Gasteiger partial charge in [0, 0.05) is 52.0 Å². The molecule has 34 heavy (non-hydrogen) atoms. The van der Waals surface area contributed by atoms with E-state index < -0.39 is 6.04 Å². The van der Waals surface area contributed by atoms with Crippen molar-refractivity contribution >= 4 is 12.0 Å². The van der Waals surface area contributed by atoms with Crippen molar-refractivity contribution in [1.29, 1.82) is 0 Å². The molecule has 0 unspecified atom stereocenters. The number of nitrogens with zero attached hydrogens (tertiary/aromatic N) is 3. The predicted molar refractivity (Wildman–Crippen MR) is 132 cm³/mol. The van der Waals surface area contributed by atoms with E-state index in [1.165, 1.54) is 5.56 Å². The van der Waals surface area contributed by atoms with Crippen LogP contribution in [0.1, 0.15) is 29.7 Å². The molecule has 2 aromatic carbocycles. The molecular weight excluding hydrogens is 428 g/mol. The number of likely N-dealkylation sites (N-methyl/N-ethyl adjacent to an activating group) is 1. The lowest BCUT2D eigenvalue weighted by Gasteiger charge is -2.39. The molecule has 1 atom stereocenters. The Bertz CT molecular complexity index is 1040. The summed E-state index contributed by atoms with van der Waals surface area (Å²) in [6, 6.07) is 17.7. The highest BCUT2D eigenvalue weighted by molar-refractivity contribution is 5.95. The van der Waals surface area contributed by atoms with Crippen LogP contribution in [0, 0.1) is 6.92 Å². The number of urea groups is 1. The third-order valence-electron chi connectivity index (χ3n) is 6.54. The van der Waals surface area contributed by atoms with E-state index in [0.29, 0.717) is 17.8 Å². The van der Waals surface area contributed by atoms with E-state index in [9.17, 15) is 9.59 Å². The van der Waals surface area contributed by atoms with Crippen molar-refractivity contribution in [2.24, 2.45) is 0 Å². The number of carbonyl (C=O) groups excluding carboxylic acids is 2. The van der Waals surface area contributed by atoms with Crippen molar-refractivity contribution in [3.8, 4) is 0 Å². The van der Waals surface area contributed by atoms with Crippen LogP contribution in [-0.4, -0.2) is 73.1 Å². The fourth-order valence-corrected chi connectivity index (χ4v) is 4.66. The highest BCUT2D eigenvalue weighted by atomic mass is 16.5. The van der Waals surface area contributed by atoms with Gasteiger partial charge < -0.3 is 10.1 Å². The first-order valence-electron chi connectivity index (χ1n) is 12.0. The van der Waals surface area contributed by atoms with Gasteiger partial charge in [0.1, 0.15) is 0 Å². The smallest absolute Gasteiger partial charge is 0.338 e. The Labute approximate surface area is 202 Å². The summed E-state index contributed by atoms with van der Waals surface area (Å²) in [7, 11) is 1.72. The highest BCUT2D eigenvalue weighted by Crippen LogP contribution is 2.32. The summed E-state index contributed by atoms with van der Waals surface area (Å²) >= 11 is 0. The topological polar surface area (TPSA) is 65.1 Å². The number of piperazine rings is 1. The van der Waals surface area contributed by atoms with E-state index in [2.05, 4.69) is 39.4 Å². The SMILES string of the molecule is CCOC(=O)C1=C(CN2CCN(Cc3ccccc3)CC2)N(C)C(=O)N[C@H]1c1cccc(C)c1. The van der Waals surface area contributed by atoms with Crippen LogP contribution in [0.15, 0.2) is 65.9 Å². The molecule has 7 heteroatoms. The summed E-state index contributed by atoms with van der Waals surface area (Å²) in [6.45, 7) is 9.17. The molecule has 180 valence electrons. The van der Waals surface area contributed by atoms with Crippen LogP contribution in [0.25, 0.3) is 0 Å². The number of aryl methyl sites for hydroxylation is 1. The maximum absolute atomic E-state index is 13.1. The molecular formula is C27H34N4O3. The molecule has 1 saturated heterocycles. The van der Waals surface area contributed by atoms with Gasteiger partial charge in [0.05, 0.1) is 18.2 Å². The molecule has 0 aliphatic carbocycles. The molecule has 2 aromatic rings. The molecule has 0 spiro atoms. The number of hydrogen-bond donors (Lipinski definition) is 1. The van der Waals surface area contributed by atoms with Crippen LogP contribution >= 0.6 is 0 Å². The van der Waals surface area contributed by atoms with Crippen molar-refractivity contribution < 1.29 is 14.3 Å². The molecule has 4 rings (SSSR count). The fraction of sp³-hybridized carbons (Fsp3) is 0.407. The van der Waals surface area contributed by atoms with Gasteiger partial charge in [-0.05, 0) is 25.0 Å². The maximum atomic E-state index is 13.1. The van der Waals surface area contributed by atoms with E-state index in [-0.39, 0.29) is 18.6 Å².